The second kappa shape index (κ2) is 6.22. The van der Waals surface area contributed by atoms with Gasteiger partial charge in [0.1, 0.15) is 18.2 Å². The summed E-state index contributed by atoms with van der Waals surface area (Å²) in [6.45, 7) is 4.28. The van der Waals surface area contributed by atoms with Crippen LogP contribution in [-0.2, 0) is 11.2 Å². The van der Waals surface area contributed by atoms with Crippen molar-refractivity contribution in [1.29, 1.82) is 0 Å². The zero-order valence-electron chi connectivity index (χ0n) is 11.7. The van der Waals surface area contributed by atoms with Gasteiger partial charge in [-0.2, -0.15) is 0 Å². The van der Waals surface area contributed by atoms with Crippen LogP contribution in [0.1, 0.15) is 19.4 Å². The summed E-state index contributed by atoms with van der Waals surface area (Å²) in [6.07, 6.45) is -0.107. The Hall–Kier alpha value is -1.62. The SMILES string of the molecule is CC(C)C(O)CNC(=O)C1COc2ccc(F)cc2C1. The van der Waals surface area contributed by atoms with Gasteiger partial charge in [0.25, 0.3) is 0 Å². The van der Waals surface area contributed by atoms with E-state index >= 15 is 0 Å². The maximum absolute atomic E-state index is 13.2. The molecular formula is C15H20FNO3. The first kappa shape index (κ1) is 14.8. The molecule has 0 aromatic heterocycles. The highest BCUT2D eigenvalue weighted by atomic mass is 19.1. The minimum absolute atomic E-state index is 0.0905. The molecule has 0 spiro atoms. The van der Waals surface area contributed by atoms with Crippen molar-refractivity contribution in [2.45, 2.75) is 26.4 Å². The van der Waals surface area contributed by atoms with Crippen molar-refractivity contribution in [2.75, 3.05) is 13.2 Å². The van der Waals surface area contributed by atoms with Gasteiger partial charge in [-0.25, -0.2) is 4.39 Å². The highest BCUT2D eigenvalue weighted by Gasteiger charge is 2.26. The largest absolute Gasteiger partial charge is 0.492 e. The molecule has 1 aromatic carbocycles. The van der Waals surface area contributed by atoms with E-state index in [4.69, 9.17) is 4.74 Å². The fraction of sp³-hybridized carbons (Fsp3) is 0.533. The number of hydrogen-bond donors (Lipinski definition) is 2. The van der Waals surface area contributed by atoms with Gasteiger partial charge >= 0.3 is 0 Å². The molecule has 20 heavy (non-hydrogen) atoms. The molecular weight excluding hydrogens is 261 g/mol. The third-order valence-electron chi connectivity index (χ3n) is 3.55. The lowest BCUT2D eigenvalue weighted by Crippen LogP contribution is -2.41. The van der Waals surface area contributed by atoms with Crippen LogP contribution < -0.4 is 10.1 Å². The van der Waals surface area contributed by atoms with Crippen molar-refractivity contribution in [1.82, 2.24) is 5.32 Å². The highest BCUT2D eigenvalue weighted by molar-refractivity contribution is 5.79. The summed E-state index contributed by atoms with van der Waals surface area (Å²) in [5.41, 5.74) is 0.709. The number of hydrogen-bond acceptors (Lipinski definition) is 3. The molecule has 110 valence electrons. The second-order valence-electron chi connectivity index (χ2n) is 5.52. The van der Waals surface area contributed by atoms with Crippen LogP contribution in [0.5, 0.6) is 5.75 Å². The summed E-state index contributed by atoms with van der Waals surface area (Å²) < 4.78 is 18.7. The van der Waals surface area contributed by atoms with Gasteiger partial charge in [0, 0.05) is 6.54 Å². The lowest BCUT2D eigenvalue weighted by molar-refractivity contribution is -0.126. The van der Waals surface area contributed by atoms with Gasteiger partial charge in [0.15, 0.2) is 0 Å². The summed E-state index contributed by atoms with van der Waals surface area (Å²) >= 11 is 0. The molecule has 1 heterocycles. The minimum Gasteiger partial charge on any atom is -0.492 e. The van der Waals surface area contributed by atoms with Gasteiger partial charge in [-0.15, -0.1) is 0 Å². The Kier molecular flexibility index (Phi) is 4.60. The molecule has 2 rings (SSSR count). The predicted octanol–water partition coefficient (Wildman–Crippen LogP) is 1.51. The van der Waals surface area contributed by atoms with Crippen LogP contribution in [0.4, 0.5) is 4.39 Å². The van der Waals surface area contributed by atoms with Crippen LogP contribution in [0.15, 0.2) is 18.2 Å². The number of benzene rings is 1. The fourth-order valence-corrected chi connectivity index (χ4v) is 2.12. The number of nitrogens with one attached hydrogen (secondary N) is 1. The van der Waals surface area contributed by atoms with Gasteiger partial charge < -0.3 is 15.2 Å². The van der Waals surface area contributed by atoms with Crippen LogP contribution in [0, 0.1) is 17.7 Å². The van der Waals surface area contributed by atoms with Crippen molar-refractivity contribution < 1.29 is 19.0 Å². The zero-order valence-corrected chi connectivity index (χ0v) is 11.7. The molecule has 0 bridgehead atoms. The first-order valence-electron chi connectivity index (χ1n) is 6.84. The Labute approximate surface area is 117 Å². The van der Waals surface area contributed by atoms with E-state index in [1.807, 2.05) is 13.8 Å². The predicted molar refractivity (Wildman–Crippen MR) is 72.9 cm³/mol. The van der Waals surface area contributed by atoms with Crippen LogP contribution >= 0.6 is 0 Å². The van der Waals surface area contributed by atoms with E-state index in [0.29, 0.717) is 17.7 Å². The molecule has 1 aliphatic rings. The number of halogens is 1. The van der Waals surface area contributed by atoms with Crippen LogP contribution in [0.2, 0.25) is 0 Å². The second-order valence-corrected chi connectivity index (χ2v) is 5.52. The highest BCUT2D eigenvalue weighted by Crippen LogP contribution is 2.27. The van der Waals surface area contributed by atoms with Crippen molar-refractivity contribution in [2.24, 2.45) is 11.8 Å². The Bertz CT molecular complexity index is 490. The number of aliphatic hydroxyl groups is 1. The monoisotopic (exact) mass is 281 g/mol. The Morgan fingerprint density at radius 2 is 2.30 bits per heavy atom. The summed E-state index contributed by atoms with van der Waals surface area (Å²) in [4.78, 5) is 12.0. The minimum atomic E-state index is -0.562. The summed E-state index contributed by atoms with van der Waals surface area (Å²) in [5, 5.41) is 12.4. The van der Waals surface area contributed by atoms with Crippen molar-refractivity contribution in [3.63, 3.8) is 0 Å². The molecule has 1 aliphatic heterocycles. The molecule has 2 atom stereocenters. The van der Waals surface area contributed by atoms with Crippen molar-refractivity contribution in [3.05, 3.63) is 29.6 Å². The fourth-order valence-electron chi connectivity index (χ4n) is 2.12. The molecule has 5 heteroatoms. The normalized spacial score (nSPS) is 19.1. The average Bonchev–Trinajstić information content (AvgIpc) is 2.43. The molecule has 0 saturated heterocycles. The van der Waals surface area contributed by atoms with Crippen LogP contribution in [-0.4, -0.2) is 30.3 Å². The van der Waals surface area contributed by atoms with E-state index in [-0.39, 0.29) is 36.7 Å². The number of fused-ring (bicyclic) bond motifs is 1. The molecule has 1 aromatic rings. The number of rotatable bonds is 4. The first-order valence-corrected chi connectivity index (χ1v) is 6.84. The summed E-state index contributed by atoms with van der Waals surface area (Å²) in [6, 6.07) is 4.33. The topological polar surface area (TPSA) is 58.6 Å². The Morgan fingerprint density at radius 1 is 1.55 bits per heavy atom. The van der Waals surface area contributed by atoms with E-state index in [0.717, 1.165) is 0 Å². The van der Waals surface area contributed by atoms with Gasteiger partial charge in [0.05, 0.1) is 12.0 Å². The van der Waals surface area contributed by atoms with Crippen molar-refractivity contribution in [3.8, 4) is 5.75 Å². The van der Waals surface area contributed by atoms with Crippen LogP contribution in [0.25, 0.3) is 0 Å². The van der Waals surface area contributed by atoms with E-state index in [2.05, 4.69) is 5.32 Å². The molecule has 4 nitrogen and oxygen atoms in total. The van der Waals surface area contributed by atoms with Gasteiger partial charge in [-0.1, -0.05) is 13.8 Å². The van der Waals surface area contributed by atoms with Crippen molar-refractivity contribution >= 4 is 5.91 Å². The zero-order chi connectivity index (χ0) is 14.7. The lowest BCUT2D eigenvalue weighted by atomic mass is 9.95. The molecule has 0 saturated carbocycles. The molecule has 0 radical (unpaired) electrons. The maximum atomic E-state index is 13.2. The Morgan fingerprint density at radius 3 is 3.00 bits per heavy atom. The molecule has 0 aliphatic carbocycles. The van der Waals surface area contributed by atoms with E-state index < -0.39 is 6.10 Å². The summed E-state index contributed by atoms with van der Waals surface area (Å²) in [5.74, 6) is -0.114. The summed E-state index contributed by atoms with van der Waals surface area (Å²) in [7, 11) is 0. The van der Waals surface area contributed by atoms with E-state index in [1.54, 1.807) is 6.07 Å². The molecule has 0 fully saturated rings. The van der Waals surface area contributed by atoms with E-state index in [9.17, 15) is 14.3 Å². The lowest BCUT2D eigenvalue weighted by Gasteiger charge is -2.25. The van der Waals surface area contributed by atoms with Gasteiger partial charge in [-0.3, -0.25) is 4.79 Å². The third kappa shape index (κ3) is 3.48. The molecule has 1 amide bonds. The van der Waals surface area contributed by atoms with E-state index in [1.165, 1.54) is 12.1 Å². The number of ether oxygens (including phenoxy) is 1. The smallest absolute Gasteiger partial charge is 0.226 e. The number of carbonyl (C=O) groups is 1. The Balaban J connectivity index is 1.93. The number of carbonyl (C=O) groups excluding carboxylic acids is 1. The average molecular weight is 281 g/mol. The van der Waals surface area contributed by atoms with Gasteiger partial charge in [0.2, 0.25) is 5.91 Å². The quantitative estimate of drug-likeness (QED) is 0.879. The maximum Gasteiger partial charge on any atom is 0.226 e. The first-order chi connectivity index (χ1) is 9.47. The standard InChI is InChI=1S/C15H20FNO3/c1-9(2)13(18)7-17-15(19)11-5-10-6-12(16)3-4-14(10)20-8-11/h3-4,6,9,11,13,18H,5,7-8H2,1-2H3,(H,17,19). The third-order valence-corrected chi connectivity index (χ3v) is 3.55. The van der Waals surface area contributed by atoms with Gasteiger partial charge in [-0.05, 0) is 36.1 Å². The van der Waals surface area contributed by atoms with Crippen LogP contribution in [0.3, 0.4) is 0 Å². The molecule has 2 unspecified atom stereocenters. The number of amides is 1. The molecule has 2 N–H and O–H groups in total. The number of aliphatic hydroxyl groups excluding tert-OH is 1.